The zero-order valence-electron chi connectivity index (χ0n) is 19.9. The van der Waals surface area contributed by atoms with Crippen LogP contribution in [0.5, 0.6) is 5.75 Å². The van der Waals surface area contributed by atoms with E-state index in [2.05, 4.69) is 37.8 Å². The number of hydrogen-bond acceptors (Lipinski definition) is 7. The van der Waals surface area contributed by atoms with Gasteiger partial charge in [-0.2, -0.15) is 15.0 Å². The molecule has 2 aliphatic carbocycles. The molecule has 1 atom stereocenters. The van der Waals surface area contributed by atoms with E-state index in [1.165, 1.54) is 71.0 Å². The smallest absolute Gasteiger partial charge is 0.233 e. The standard InChI is InChI=1S/C25H37FN6O/c1-3-21(18-11-7-8-12-18)29-25-31-23(27-16-17-9-5-4-6-10-17)30-24(32-25)28-19-13-14-22(33-2)20(26)15-19/h13-15,17-18,21H,3-12,16H2,1-2H3,(H3,27,28,29,30,31,32). The molecule has 3 N–H and O–H groups in total. The molecule has 0 amide bonds. The van der Waals surface area contributed by atoms with Gasteiger partial charge >= 0.3 is 0 Å². The molecular weight excluding hydrogens is 419 g/mol. The maximum atomic E-state index is 14.2. The van der Waals surface area contributed by atoms with Crippen LogP contribution < -0.4 is 20.7 Å². The Bertz CT molecular complexity index is 898. The molecule has 0 saturated heterocycles. The second-order valence-electron chi connectivity index (χ2n) is 9.37. The highest BCUT2D eigenvalue weighted by Gasteiger charge is 2.25. The molecule has 2 saturated carbocycles. The highest BCUT2D eigenvalue weighted by Crippen LogP contribution is 2.31. The number of aromatic nitrogens is 3. The summed E-state index contributed by atoms with van der Waals surface area (Å²) in [6.07, 6.45) is 12.5. The summed E-state index contributed by atoms with van der Waals surface area (Å²) >= 11 is 0. The van der Waals surface area contributed by atoms with Crippen molar-refractivity contribution in [1.29, 1.82) is 0 Å². The largest absolute Gasteiger partial charge is 0.494 e. The van der Waals surface area contributed by atoms with E-state index in [-0.39, 0.29) is 5.75 Å². The lowest BCUT2D eigenvalue weighted by molar-refractivity contribution is 0.373. The molecule has 2 fully saturated rings. The number of hydrogen-bond donors (Lipinski definition) is 3. The van der Waals surface area contributed by atoms with Gasteiger partial charge in [0, 0.05) is 24.3 Å². The van der Waals surface area contributed by atoms with Gasteiger partial charge in [0.15, 0.2) is 11.6 Å². The van der Waals surface area contributed by atoms with E-state index in [4.69, 9.17) is 4.74 Å². The van der Waals surface area contributed by atoms with Crippen molar-refractivity contribution in [2.75, 3.05) is 29.6 Å². The minimum absolute atomic E-state index is 0.204. The predicted molar refractivity (Wildman–Crippen MR) is 131 cm³/mol. The van der Waals surface area contributed by atoms with Crippen LogP contribution in [0.2, 0.25) is 0 Å². The minimum Gasteiger partial charge on any atom is -0.494 e. The summed E-state index contributed by atoms with van der Waals surface area (Å²) in [4.78, 5) is 13.9. The normalized spacial score (nSPS) is 18.2. The summed E-state index contributed by atoms with van der Waals surface area (Å²) in [5.41, 5.74) is 0.562. The second kappa shape index (κ2) is 11.5. The van der Waals surface area contributed by atoms with Crippen molar-refractivity contribution in [3.8, 4) is 5.75 Å². The van der Waals surface area contributed by atoms with Gasteiger partial charge in [0.1, 0.15) is 0 Å². The van der Waals surface area contributed by atoms with Crippen molar-refractivity contribution in [2.45, 2.75) is 77.2 Å². The van der Waals surface area contributed by atoms with Crippen LogP contribution >= 0.6 is 0 Å². The van der Waals surface area contributed by atoms with Gasteiger partial charge in [0.25, 0.3) is 0 Å². The van der Waals surface area contributed by atoms with Crippen LogP contribution in [0.3, 0.4) is 0 Å². The minimum atomic E-state index is -0.433. The lowest BCUT2D eigenvalue weighted by Crippen LogP contribution is -2.28. The summed E-state index contributed by atoms with van der Waals surface area (Å²) in [6, 6.07) is 5.07. The summed E-state index contributed by atoms with van der Waals surface area (Å²) in [6.45, 7) is 3.07. The van der Waals surface area contributed by atoms with Gasteiger partial charge < -0.3 is 20.7 Å². The van der Waals surface area contributed by atoms with Crippen LogP contribution in [-0.2, 0) is 0 Å². The maximum Gasteiger partial charge on any atom is 0.233 e. The number of nitrogens with zero attached hydrogens (tertiary/aromatic N) is 3. The zero-order chi connectivity index (χ0) is 23.0. The first kappa shape index (κ1) is 23.5. The molecule has 0 spiro atoms. The van der Waals surface area contributed by atoms with E-state index < -0.39 is 5.82 Å². The number of nitrogens with one attached hydrogen (secondary N) is 3. The van der Waals surface area contributed by atoms with Crippen LogP contribution in [0.15, 0.2) is 18.2 Å². The first-order valence-electron chi connectivity index (χ1n) is 12.5. The fourth-order valence-corrected chi connectivity index (χ4v) is 5.15. The third-order valence-corrected chi connectivity index (χ3v) is 7.04. The Morgan fingerprint density at radius 3 is 2.36 bits per heavy atom. The highest BCUT2D eigenvalue weighted by atomic mass is 19.1. The topological polar surface area (TPSA) is 84.0 Å². The van der Waals surface area contributed by atoms with Crippen LogP contribution in [0.1, 0.15) is 71.1 Å². The molecule has 33 heavy (non-hydrogen) atoms. The van der Waals surface area contributed by atoms with Crippen molar-refractivity contribution in [3.63, 3.8) is 0 Å². The van der Waals surface area contributed by atoms with Gasteiger partial charge in [-0.25, -0.2) is 4.39 Å². The lowest BCUT2D eigenvalue weighted by Gasteiger charge is -2.24. The van der Waals surface area contributed by atoms with E-state index >= 15 is 0 Å². The molecular formula is C25H37FN6O. The van der Waals surface area contributed by atoms with Crippen molar-refractivity contribution in [2.24, 2.45) is 11.8 Å². The number of rotatable bonds is 10. The van der Waals surface area contributed by atoms with Gasteiger partial charge in [-0.1, -0.05) is 39.0 Å². The second-order valence-corrected chi connectivity index (χ2v) is 9.37. The molecule has 0 aliphatic heterocycles. The van der Waals surface area contributed by atoms with Crippen LogP contribution in [0, 0.1) is 17.7 Å². The molecule has 2 aliphatic rings. The molecule has 1 aromatic heterocycles. The first-order valence-corrected chi connectivity index (χ1v) is 12.5. The quantitative estimate of drug-likeness (QED) is 0.396. The number of halogens is 1. The van der Waals surface area contributed by atoms with Crippen molar-refractivity contribution >= 4 is 23.5 Å². The van der Waals surface area contributed by atoms with Gasteiger partial charge in [-0.05, 0) is 56.1 Å². The molecule has 0 bridgehead atoms. The number of methoxy groups -OCH3 is 1. The maximum absolute atomic E-state index is 14.2. The fraction of sp³-hybridized carbons (Fsp3) is 0.640. The Balaban J connectivity index is 1.52. The Labute approximate surface area is 196 Å². The van der Waals surface area contributed by atoms with E-state index in [9.17, 15) is 4.39 Å². The average molecular weight is 457 g/mol. The summed E-state index contributed by atoms with van der Waals surface area (Å²) in [5, 5.41) is 10.1. The number of benzene rings is 1. The fourth-order valence-electron chi connectivity index (χ4n) is 5.15. The van der Waals surface area contributed by atoms with E-state index in [1.54, 1.807) is 12.1 Å². The molecule has 2 aromatic rings. The van der Waals surface area contributed by atoms with Crippen molar-refractivity contribution in [3.05, 3.63) is 24.0 Å². The third kappa shape index (κ3) is 6.45. The van der Waals surface area contributed by atoms with Crippen LogP contribution in [0.4, 0.5) is 27.9 Å². The molecule has 0 radical (unpaired) electrons. The van der Waals surface area contributed by atoms with E-state index in [0.717, 1.165) is 13.0 Å². The van der Waals surface area contributed by atoms with Crippen molar-refractivity contribution in [1.82, 2.24) is 15.0 Å². The third-order valence-electron chi connectivity index (χ3n) is 7.04. The monoisotopic (exact) mass is 456 g/mol. The molecule has 8 heteroatoms. The highest BCUT2D eigenvalue weighted by molar-refractivity contribution is 5.57. The van der Waals surface area contributed by atoms with Crippen LogP contribution in [-0.4, -0.2) is 34.6 Å². The number of anilines is 4. The van der Waals surface area contributed by atoms with Crippen LogP contribution in [0.25, 0.3) is 0 Å². The summed E-state index contributed by atoms with van der Waals surface area (Å²) in [5.74, 6) is 2.58. The van der Waals surface area contributed by atoms with E-state index in [1.807, 2.05) is 0 Å². The Morgan fingerprint density at radius 2 is 1.67 bits per heavy atom. The molecule has 180 valence electrons. The van der Waals surface area contributed by atoms with Gasteiger partial charge in [0.2, 0.25) is 17.8 Å². The Hall–Kier alpha value is -2.64. The average Bonchev–Trinajstić information content (AvgIpc) is 3.37. The SMILES string of the molecule is CCC(Nc1nc(NCC2CCCCC2)nc(Nc2ccc(OC)c(F)c2)n1)C1CCCC1. The summed E-state index contributed by atoms with van der Waals surface area (Å²) in [7, 11) is 1.45. The van der Waals surface area contributed by atoms with Crippen molar-refractivity contribution < 1.29 is 9.13 Å². The van der Waals surface area contributed by atoms with Gasteiger partial charge in [-0.15, -0.1) is 0 Å². The summed E-state index contributed by atoms with van der Waals surface area (Å²) < 4.78 is 19.2. The molecule has 7 nitrogen and oxygen atoms in total. The predicted octanol–water partition coefficient (Wildman–Crippen LogP) is 6.14. The lowest BCUT2D eigenvalue weighted by atomic mass is 9.89. The van der Waals surface area contributed by atoms with Gasteiger partial charge in [0.05, 0.1) is 7.11 Å². The number of ether oxygens (including phenoxy) is 1. The van der Waals surface area contributed by atoms with Gasteiger partial charge in [-0.3, -0.25) is 0 Å². The molecule has 4 rings (SSSR count). The molecule has 1 heterocycles. The molecule has 1 unspecified atom stereocenters. The van der Waals surface area contributed by atoms with E-state index in [0.29, 0.717) is 41.4 Å². The zero-order valence-corrected chi connectivity index (χ0v) is 19.9. The Morgan fingerprint density at radius 1 is 0.970 bits per heavy atom. The Kier molecular flexibility index (Phi) is 8.18. The molecule has 1 aromatic carbocycles. The first-order chi connectivity index (χ1) is 16.1.